The van der Waals surface area contributed by atoms with Gasteiger partial charge in [-0.1, -0.05) is 44.7 Å². The first-order valence-corrected chi connectivity index (χ1v) is 8.46. The number of aromatic amines is 1. The molecule has 2 aromatic rings. The minimum absolute atomic E-state index is 0.0341. The van der Waals surface area contributed by atoms with E-state index in [0.717, 1.165) is 29.0 Å². The summed E-state index contributed by atoms with van der Waals surface area (Å²) < 4.78 is 0. The van der Waals surface area contributed by atoms with Crippen LogP contribution in [-0.2, 0) is 4.79 Å². The monoisotopic (exact) mass is 300 g/mol. The Balaban J connectivity index is 1.70. The quantitative estimate of drug-likeness (QED) is 0.910. The molecule has 3 atom stereocenters. The molecule has 1 N–H and O–H groups in total. The van der Waals surface area contributed by atoms with Gasteiger partial charge in [-0.05, 0) is 35.8 Å². The van der Waals surface area contributed by atoms with E-state index in [0.29, 0.717) is 5.78 Å². The molecular weight excluding hydrogens is 280 g/mol. The molecule has 0 amide bonds. The van der Waals surface area contributed by atoms with Gasteiger partial charge < -0.3 is 4.98 Å². The molecule has 21 heavy (non-hydrogen) atoms. The first kappa shape index (κ1) is 13.4. The molecule has 0 radical (unpaired) electrons. The summed E-state index contributed by atoms with van der Waals surface area (Å²) >= 11 is 1.63. The smallest absolute Gasteiger partial charge is 0.167 e. The second-order valence-electron chi connectivity index (χ2n) is 7.19. The number of para-hydroxylation sites is 2. The van der Waals surface area contributed by atoms with Gasteiger partial charge in [-0.25, -0.2) is 4.98 Å². The van der Waals surface area contributed by atoms with Gasteiger partial charge in [0.2, 0.25) is 0 Å². The van der Waals surface area contributed by atoms with Crippen molar-refractivity contribution in [3.8, 4) is 0 Å². The van der Waals surface area contributed by atoms with E-state index >= 15 is 0 Å². The molecule has 110 valence electrons. The lowest BCUT2D eigenvalue weighted by molar-refractivity contribution is -0.122. The number of carbonyl (C=O) groups is 1. The van der Waals surface area contributed by atoms with Crippen LogP contribution in [0.3, 0.4) is 0 Å². The Bertz CT molecular complexity index is 702. The number of benzene rings is 1. The second kappa shape index (κ2) is 4.13. The predicted molar refractivity (Wildman–Crippen MR) is 85.4 cm³/mol. The van der Waals surface area contributed by atoms with Crippen molar-refractivity contribution in [2.24, 2.45) is 16.7 Å². The molecule has 4 heteroatoms. The van der Waals surface area contributed by atoms with Crippen molar-refractivity contribution in [3.05, 3.63) is 24.3 Å². The van der Waals surface area contributed by atoms with Gasteiger partial charge in [-0.3, -0.25) is 4.79 Å². The van der Waals surface area contributed by atoms with E-state index in [1.165, 1.54) is 0 Å². The molecule has 1 aromatic carbocycles. The zero-order valence-corrected chi connectivity index (χ0v) is 13.5. The van der Waals surface area contributed by atoms with Crippen molar-refractivity contribution in [3.63, 3.8) is 0 Å². The third-order valence-electron chi connectivity index (χ3n) is 6.07. The van der Waals surface area contributed by atoms with Crippen LogP contribution in [0.15, 0.2) is 29.4 Å². The SMILES string of the molecule is CC1(C)[C@@H]2CC[C@@]1(C)[C@H](Sc1nc3ccccc3[nH]1)C2=O. The van der Waals surface area contributed by atoms with Crippen molar-refractivity contribution < 1.29 is 4.79 Å². The number of ketones is 1. The number of fused-ring (bicyclic) bond motifs is 3. The Morgan fingerprint density at radius 3 is 2.71 bits per heavy atom. The molecule has 2 fully saturated rings. The van der Waals surface area contributed by atoms with Crippen molar-refractivity contribution in [1.82, 2.24) is 9.97 Å². The lowest BCUT2D eigenvalue weighted by Gasteiger charge is -2.37. The fraction of sp³-hybridized carbons (Fsp3) is 0.529. The molecule has 3 nitrogen and oxygen atoms in total. The molecule has 0 unspecified atom stereocenters. The molecule has 2 bridgehead atoms. The van der Waals surface area contributed by atoms with Gasteiger partial charge >= 0.3 is 0 Å². The number of rotatable bonds is 2. The number of hydrogen-bond donors (Lipinski definition) is 1. The van der Waals surface area contributed by atoms with Crippen LogP contribution >= 0.6 is 11.8 Å². The Morgan fingerprint density at radius 1 is 1.29 bits per heavy atom. The molecule has 2 aliphatic rings. The highest BCUT2D eigenvalue weighted by atomic mass is 32.2. The topological polar surface area (TPSA) is 45.8 Å². The third kappa shape index (κ3) is 1.62. The maximum absolute atomic E-state index is 12.7. The summed E-state index contributed by atoms with van der Waals surface area (Å²) in [7, 11) is 0. The lowest BCUT2D eigenvalue weighted by atomic mass is 9.71. The van der Waals surface area contributed by atoms with E-state index in [1.54, 1.807) is 11.8 Å². The van der Waals surface area contributed by atoms with E-state index in [9.17, 15) is 4.79 Å². The number of nitrogens with zero attached hydrogens (tertiary/aromatic N) is 1. The van der Waals surface area contributed by atoms with Gasteiger partial charge in [0.1, 0.15) is 5.78 Å². The molecule has 4 rings (SSSR count). The van der Waals surface area contributed by atoms with E-state index < -0.39 is 0 Å². The number of thioether (sulfide) groups is 1. The molecule has 0 spiro atoms. The summed E-state index contributed by atoms with van der Waals surface area (Å²) in [6.45, 7) is 6.82. The highest BCUT2D eigenvalue weighted by Gasteiger charge is 2.66. The fourth-order valence-corrected chi connectivity index (χ4v) is 5.78. The van der Waals surface area contributed by atoms with Gasteiger partial charge in [0, 0.05) is 5.92 Å². The molecular formula is C17H20N2OS. The normalized spacial score (nSPS) is 34.0. The highest BCUT2D eigenvalue weighted by Crippen LogP contribution is 2.67. The molecule has 2 aliphatic carbocycles. The average molecular weight is 300 g/mol. The zero-order valence-electron chi connectivity index (χ0n) is 12.6. The largest absolute Gasteiger partial charge is 0.333 e. The maximum Gasteiger partial charge on any atom is 0.167 e. The summed E-state index contributed by atoms with van der Waals surface area (Å²) in [5, 5.41) is 0.908. The highest BCUT2D eigenvalue weighted by molar-refractivity contribution is 8.00. The van der Waals surface area contributed by atoms with Crippen LogP contribution in [0.25, 0.3) is 11.0 Å². The number of H-pyrrole nitrogens is 1. The van der Waals surface area contributed by atoms with Crippen LogP contribution in [0, 0.1) is 16.7 Å². The van der Waals surface area contributed by atoms with Crippen molar-refractivity contribution >= 4 is 28.6 Å². The van der Waals surface area contributed by atoms with Gasteiger partial charge in [0.05, 0.1) is 16.3 Å². The van der Waals surface area contributed by atoms with Gasteiger partial charge in [0.15, 0.2) is 5.16 Å². The predicted octanol–water partition coefficient (Wildman–Crippen LogP) is 4.05. The molecule has 1 heterocycles. The maximum atomic E-state index is 12.7. The summed E-state index contributed by atoms with van der Waals surface area (Å²) in [4.78, 5) is 20.7. The Labute approximate surface area is 128 Å². The summed E-state index contributed by atoms with van der Waals surface area (Å²) in [6.07, 6.45) is 2.20. The van der Waals surface area contributed by atoms with Crippen LogP contribution in [0.2, 0.25) is 0 Å². The summed E-state index contributed by atoms with van der Waals surface area (Å²) in [5.74, 6) is 0.656. The Morgan fingerprint density at radius 2 is 2.05 bits per heavy atom. The summed E-state index contributed by atoms with van der Waals surface area (Å²) in [5.41, 5.74) is 2.20. The van der Waals surface area contributed by atoms with E-state index in [2.05, 4.69) is 30.7 Å². The molecule has 1 aromatic heterocycles. The summed E-state index contributed by atoms with van der Waals surface area (Å²) in [6, 6.07) is 8.03. The first-order chi connectivity index (χ1) is 9.93. The van der Waals surface area contributed by atoms with Crippen LogP contribution in [-0.4, -0.2) is 21.0 Å². The average Bonchev–Trinajstić information content (AvgIpc) is 2.98. The fourth-order valence-electron chi connectivity index (χ4n) is 4.27. The minimum Gasteiger partial charge on any atom is -0.333 e. The van der Waals surface area contributed by atoms with Crippen molar-refractivity contribution in [1.29, 1.82) is 0 Å². The van der Waals surface area contributed by atoms with Crippen LogP contribution < -0.4 is 0 Å². The number of nitrogens with one attached hydrogen (secondary N) is 1. The van der Waals surface area contributed by atoms with E-state index in [4.69, 9.17) is 0 Å². The first-order valence-electron chi connectivity index (χ1n) is 7.59. The van der Waals surface area contributed by atoms with Crippen molar-refractivity contribution in [2.75, 3.05) is 0 Å². The second-order valence-corrected chi connectivity index (χ2v) is 8.28. The number of imidazole rings is 1. The molecule has 0 saturated heterocycles. The van der Waals surface area contributed by atoms with E-state index in [-0.39, 0.29) is 22.0 Å². The van der Waals surface area contributed by atoms with Gasteiger partial charge in [0.25, 0.3) is 0 Å². The zero-order chi connectivity index (χ0) is 14.8. The number of Topliss-reactive ketones (excluding diaryl/α,β-unsaturated/α-hetero) is 1. The van der Waals surface area contributed by atoms with Crippen LogP contribution in [0.5, 0.6) is 0 Å². The van der Waals surface area contributed by atoms with Gasteiger partial charge in [-0.15, -0.1) is 0 Å². The number of hydrogen-bond acceptors (Lipinski definition) is 3. The van der Waals surface area contributed by atoms with Crippen LogP contribution in [0.4, 0.5) is 0 Å². The van der Waals surface area contributed by atoms with Crippen molar-refractivity contribution in [2.45, 2.75) is 44.0 Å². The molecule has 2 saturated carbocycles. The Kier molecular flexibility index (Phi) is 2.63. The molecule has 0 aliphatic heterocycles. The number of carbonyl (C=O) groups excluding carboxylic acids is 1. The standard InChI is InChI=1S/C17H20N2OS/c1-16(2)10-8-9-17(16,3)14(13(10)20)21-15-18-11-6-4-5-7-12(11)19-15/h4-7,10,14H,8-9H2,1-3H3,(H,18,19)/t10-,14-,17+/m1/s1. The van der Waals surface area contributed by atoms with Gasteiger partial charge in [-0.2, -0.15) is 0 Å². The lowest BCUT2D eigenvalue weighted by Crippen LogP contribution is -2.35. The van der Waals surface area contributed by atoms with Crippen LogP contribution in [0.1, 0.15) is 33.6 Å². The minimum atomic E-state index is 0.0341. The number of aromatic nitrogens is 2. The third-order valence-corrected chi connectivity index (χ3v) is 7.48. The van der Waals surface area contributed by atoms with E-state index in [1.807, 2.05) is 24.3 Å². The Hall–Kier alpha value is -1.29.